The summed E-state index contributed by atoms with van der Waals surface area (Å²) >= 11 is 0. The van der Waals surface area contributed by atoms with Crippen LogP contribution in [-0.4, -0.2) is 41.4 Å². The third-order valence-electron chi connectivity index (χ3n) is 7.93. The smallest absolute Gasteiger partial charge is 0.193 e. The Morgan fingerprint density at radius 2 is 1.29 bits per heavy atom. The van der Waals surface area contributed by atoms with Crippen LogP contribution < -0.4 is 20.3 Å². The number of aromatic nitrogens is 3. The van der Waals surface area contributed by atoms with Gasteiger partial charge in [-0.2, -0.15) is 0 Å². The van der Waals surface area contributed by atoms with Gasteiger partial charge < -0.3 is 23.0 Å². The SMILES string of the molecule is O=c1cc(-c2ccc(OCCCc3cn(CCOCCOc4ccc5c(=O)cc(-c6ccccc6)oc5c4)nn3)cc2)oc2ccccc12. The zero-order valence-electron chi connectivity index (χ0n) is 26.6. The summed E-state index contributed by atoms with van der Waals surface area (Å²) in [6.45, 7) is 2.29. The molecule has 0 spiro atoms. The van der Waals surface area contributed by atoms with E-state index in [1.165, 1.54) is 12.1 Å². The molecule has 3 heterocycles. The van der Waals surface area contributed by atoms with Crippen LogP contribution in [0.15, 0.2) is 134 Å². The first-order chi connectivity index (χ1) is 24.1. The number of benzene rings is 4. The zero-order valence-corrected chi connectivity index (χ0v) is 26.6. The second-order valence-corrected chi connectivity index (χ2v) is 11.4. The van der Waals surface area contributed by atoms with Crippen LogP contribution in [0.5, 0.6) is 11.5 Å². The van der Waals surface area contributed by atoms with Gasteiger partial charge in [0.15, 0.2) is 10.9 Å². The lowest BCUT2D eigenvalue weighted by Gasteiger charge is -2.08. The molecule has 10 heteroatoms. The highest BCUT2D eigenvalue weighted by Crippen LogP contribution is 2.26. The van der Waals surface area contributed by atoms with Gasteiger partial charge in [-0.1, -0.05) is 47.7 Å². The molecular weight excluding hydrogens is 622 g/mol. The molecule has 0 atom stereocenters. The predicted octanol–water partition coefficient (Wildman–Crippen LogP) is 6.93. The first-order valence-electron chi connectivity index (χ1n) is 16.1. The highest BCUT2D eigenvalue weighted by atomic mass is 16.5. The summed E-state index contributed by atoms with van der Waals surface area (Å²) in [5, 5.41) is 9.52. The van der Waals surface area contributed by atoms with Crippen molar-refractivity contribution in [3.8, 4) is 34.1 Å². The lowest BCUT2D eigenvalue weighted by atomic mass is 10.1. The summed E-state index contributed by atoms with van der Waals surface area (Å²) in [5.74, 6) is 2.37. The van der Waals surface area contributed by atoms with Crippen LogP contribution in [0.3, 0.4) is 0 Å². The van der Waals surface area contributed by atoms with Gasteiger partial charge in [-0.25, -0.2) is 4.68 Å². The summed E-state index contributed by atoms with van der Waals surface area (Å²) in [7, 11) is 0. The highest BCUT2D eigenvalue weighted by Gasteiger charge is 2.10. The average Bonchev–Trinajstić information content (AvgIpc) is 3.59. The van der Waals surface area contributed by atoms with Crippen molar-refractivity contribution in [2.24, 2.45) is 0 Å². The maximum atomic E-state index is 12.6. The Balaban J connectivity index is 0.808. The molecule has 0 aliphatic heterocycles. The van der Waals surface area contributed by atoms with Crippen LogP contribution in [-0.2, 0) is 17.7 Å². The van der Waals surface area contributed by atoms with E-state index in [1.807, 2.05) is 72.9 Å². The quantitative estimate of drug-likeness (QED) is 0.115. The molecule has 7 aromatic rings. The molecule has 0 radical (unpaired) electrons. The van der Waals surface area contributed by atoms with Crippen LogP contribution in [0.2, 0.25) is 0 Å². The Labute approximate surface area is 281 Å². The average molecular weight is 656 g/mol. The van der Waals surface area contributed by atoms with Gasteiger partial charge in [0.2, 0.25) is 0 Å². The number of hydrogen-bond acceptors (Lipinski definition) is 9. The van der Waals surface area contributed by atoms with Crippen molar-refractivity contribution in [1.82, 2.24) is 15.0 Å². The Morgan fingerprint density at radius 3 is 2.10 bits per heavy atom. The second-order valence-electron chi connectivity index (χ2n) is 11.4. The molecule has 4 aromatic carbocycles. The van der Waals surface area contributed by atoms with E-state index in [0.717, 1.165) is 35.4 Å². The number of ether oxygens (including phenoxy) is 3. The second kappa shape index (κ2) is 14.8. The fourth-order valence-electron chi connectivity index (χ4n) is 5.42. The molecule has 0 unspecified atom stereocenters. The monoisotopic (exact) mass is 655 g/mol. The molecule has 3 aromatic heterocycles. The summed E-state index contributed by atoms with van der Waals surface area (Å²) in [4.78, 5) is 25.0. The highest BCUT2D eigenvalue weighted by molar-refractivity contribution is 5.80. The van der Waals surface area contributed by atoms with Crippen molar-refractivity contribution in [3.05, 3.63) is 142 Å². The number of aryl methyl sites for hydroxylation is 1. The third kappa shape index (κ3) is 7.77. The fourth-order valence-corrected chi connectivity index (χ4v) is 5.42. The normalized spacial score (nSPS) is 11.3. The van der Waals surface area contributed by atoms with E-state index in [1.54, 1.807) is 35.0 Å². The molecule has 246 valence electrons. The third-order valence-corrected chi connectivity index (χ3v) is 7.93. The lowest BCUT2D eigenvalue weighted by molar-refractivity contribution is 0.0923. The molecule has 7 rings (SSSR count). The van der Waals surface area contributed by atoms with Crippen LogP contribution >= 0.6 is 0 Å². The standard InChI is InChI=1S/C39H33N3O7/c43-34-24-38(48-36-11-5-4-10-32(34)36)28-12-14-30(15-13-28)46-19-6-9-29-26-42(41-40-29)18-20-45-21-22-47-31-16-17-33-35(44)25-37(49-39(33)23-31)27-7-2-1-3-8-27/h1-5,7-8,10-17,23-26H,6,9,18-22H2. The van der Waals surface area contributed by atoms with Gasteiger partial charge in [0.1, 0.15) is 40.8 Å². The number of rotatable bonds is 14. The van der Waals surface area contributed by atoms with Crippen molar-refractivity contribution < 1.29 is 23.0 Å². The molecule has 49 heavy (non-hydrogen) atoms. The van der Waals surface area contributed by atoms with E-state index in [0.29, 0.717) is 72.2 Å². The van der Waals surface area contributed by atoms with Crippen molar-refractivity contribution >= 4 is 21.9 Å². The maximum absolute atomic E-state index is 12.6. The van der Waals surface area contributed by atoms with Crippen molar-refractivity contribution in [2.45, 2.75) is 19.4 Å². The van der Waals surface area contributed by atoms with Gasteiger partial charge in [0, 0.05) is 35.5 Å². The Morgan fingerprint density at radius 1 is 0.612 bits per heavy atom. The minimum atomic E-state index is -0.0991. The molecule has 10 nitrogen and oxygen atoms in total. The summed E-state index contributed by atoms with van der Waals surface area (Å²) < 4.78 is 31.2. The predicted molar refractivity (Wildman–Crippen MR) is 186 cm³/mol. The van der Waals surface area contributed by atoms with E-state index < -0.39 is 0 Å². The van der Waals surface area contributed by atoms with Gasteiger partial charge in [-0.05, 0) is 61.4 Å². The van der Waals surface area contributed by atoms with E-state index in [9.17, 15) is 9.59 Å². The Hall–Kier alpha value is -6.00. The molecule has 0 saturated heterocycles. The van der Waals surface area contributed by atoms with Crippen molar-refractivity contribution in [2.75, 3.05) is 26.4 Å². The van der Waals surface area contributed by atoms with Gasteiger partial charge in [0.05, 0.1) is 42.8 Å². The number of para-hydroxylation sites is 1. The summed E-state index contributed by atoms with van der Waals surface area (Å²) in [5.41, 5.74) is 3.40. The topological polar surface area (TPSA) is 119 Å². The largest absolute Gasteiger partial charge is 0.494 e. The lowest BCUT2D eigenvalue weighted by Crippen LogP contribution is -2.12. The van der Waals surface area contributed by atoms with Gasteiger partial charge >= 0.3 is 0 Å². The molecular formula is C39H33N3O7. The van der Waals surface area contributed by atoms with Crippen LogP contribution in [0.25, 0.3) is 44.6 Å². The number of hydrogen-bond donors (Lipinski definition) is 0. The van der Waals surface area contributed by atoms with Gasteiger partial charge in [-0.3, -0.25) is 9.59 Å². The van der Waals surface area contributed by atoms with Crippen molar-refractivity contribution in [1.29, 1.82) is 0 Å². The Bertz CT molecular complexity index is 2290. The maximum Gasteiger partial charge on any atom is 0.193 e. The van der Waals surface area contributed by atoms with Gasteiger partial charge in [0.25, 0.3) is 0 Å². The van der Waals surface area contributed by atoms with Crippen molar-refractivity contribution in [3.63, 3.8) is 0 Å². The summed E-state index contributed by atoms with van der Waals surface area (Å²) in [6.07, 6.45) is 3.42. The minimum Gasteiger partial charge on any atom is -0.494 e. The van der Waals surface area contributed by atoms with E-state index in [-0.39, 0.29) is 10.9 Å². The van der Waals surface area contributed by atoms with Crippen LogP contribution in [0.4, 0.5) is 0 Å². The molecule has 0 N–H and O–H groups in total. The molecule has 0 amide bonds. The summed E-state index contributed by atoms with van der Waals surface area (Å²) in [6, 6.07) is 32.5. The fraction of sp³-hybridized carbons (Fsp3) is 0.179. The molecule has 0 aliphatic carbocycles. The zero-order chi connectivity index (χ0) is 33.4. The number of fused-ring (bicyclic) bond motifs is 2. The molecule has 0 fully saturated rings. The van der Waals surface area contributed by atoms with Crippen LogP contribution in [0, 0.1) is 0 Å². The molecule has 0 bridgehead atoms. The van der Waals surface area contributed by atoms with Gasteiger partial charge in [-0.15, -0.1) is 5.10 Å². The van der Waals surface area contributed by atoms with Crippen LogP contribution in [0.1, 0.15) is 12.1 Å². The van der Waals surface area contributed by atoms with E-state index >= 15 is 0 Å². The molecule has 0 aliphatic rings. The van der Waals surface area contributed by atoms with E-state index in [4.69, 9.17) is 23.0 Å². The number of nitrogens with zero attached hydrogens (tertiary/aromatic N) is 3. The minimum absolute atomic E-state index is 0.0680. The molecule has 0 saturated carbocycles. The first kappa shape index (κ1) is 31.6. The Kier molecular flexibility index (Phi) is 9.56. The first-order valence-corrected chi connectivity index (χ1v) is 16.1. The van der Waals surface area contributed by atoms with E-state index in [2.05, 4.69) is 10.3 Å².